The minimum absolute atomic E-state index is 0.131. The van der Waals surface area contributed by atoms with Crippen LogP contribution >= 0.6 is 12.2 Å². The number of hydrogen-bond acceptors (Lipinski definition) is 2. The quantitative estimate of drug-likeness (QED) is 0.827. The molecule has 0 aliphatic carbocycles. The Bertz CT molecular complexity index is 426. The van der Waals surface area contributed by atoms with Gasteiger partial charge in [0, 0.05) is 19.2 Å². The minimum Gasteiger partial charge on any atom is -0.389 e. The summed E-state index contributed by atoms with van der Waals surface area (Å²) in [5.41, 5.74) is 7.34. The third kappa shape index (κ3) is 4.45. The average molecular weight is 264 g/mol. The summed E-state index contributed by atoms with van der Waals surface area (Å²) in [5, 5.41) is 0. The molecule has 1 aromatic rings. The largest absolute Gasteiger partial charge is 0.389 e. The number of rotatable bonds is 5. The standard InChI is InChI=1S/C14H20N2OS/c1-10(2)9-16(3)13(17)8-11-4-6-12(7-5-11)14(15)18/h4-7,10H,8-9H2,1-3H3,(H2,15,18). The van der Waals surface area contributed by atoms with Crippen LogP contribution in [0.1, 0.15) is 25.0 Å². The van der Waals surface area contributed by atoms with Crippen molar-refractivity contribution in [3.63, 3.8) is 0 Å². The molecule has 0 saturated heterocycles. The van der Waals surface area contributed by atoms with E-state index in [9.17, 15) is 4.79 Å². The maximum Gasteiger partial charge on any atom is 0.226 e. The molecule has 0 aromatic heterocycles. The maximum atomic E-state index is 11.9. The predicted octanol–water partition coefficient (Wildman–Crippen LogP) is 1.98. The fraction of sp³-hybridized carbons (Fsp3) is 0.429. The summed E-state index contributed by atoms with van der Waals surface area (Å²) in [6, 6.07) is 7.51. The molecule has 3 nitrogen and oxygen atoms in total. The van der Waals surface area contributed by atoms with Gasteiger partial charge in [-0.1, -0.05) is 50.3 Å². The highest BCUT2D eigenvalue weighted by Gasteiger charge is 2.10. The van der Waals surface area contributed by atoms with Crippen molar-refractivity contribution in [1.29, 1.82) is 0 Å². The molecular weight excluding hydrogens is 244 g/mol. The molecule has 0 atom stereocenters. The molecule has 98 valence electrons. The zero-order valence-electron chi connectivity index (χ0n) is 11.1. The van der Waals surface area contributed by atoms with Gasteiger partial charge in [-0.25, -0.2) is 0 Å². The highest BCUT2D eigenvalue weighted by atomic mass is 32.1. The highest BCUT2D eigenvalue weighted by molar-refractivity contribution is 7.80. The number of thiocarbonyl (C=S) groups is 1. The van der Waals surface area contributed by atoms with E-state index in [4.69, 9.17) is 18.0 Å². The van der Waals surface area contributed by atoms with E-state index in [0.717, 1.165) is 17.7 Å². The number of carbonyl (C=O) groups is 1. The fourth-order valence-corrected chi connectivity index (χ4v) is 1.88. The second-order valence-electron chi connectivity index (χ2n) is 4.91. The van der Waals surface area contributed by atoms with Crippen LogP contribution in [0.2, 0.25) is 0 Å². The zero-order chi connectivity index (χ0) is 13.7. The Kier molecular flexibility index (Phi) is 5.28. The molecular formula is C14H20N2OS. The molecule has 2 N–H and O–H groups in total. The van der Waals surface area contributed by atoms with Gasteiger partial charge in [0.05, 0.1) is 6.42 Å². The van der Waals surface area contributed by atoms with Crippen molar-refractivity contribution in [3.8, 4) is 0 Å². The maximum absolute atomic E-state index is 11.9. The summed E-state index contributed by atoms with van der Waals surface area (Å²) in [4.78, 5) is 14.1. The number of likely N-dealkylation sites (N-methyl/N-ethyl adjacent to an activating group) is 1. The SMILES string of the molecule is CC(C)CN(C)C(=O)Cc1ccc(C(N)=S)cc1. The summed E-state index contributed by atoms with van der Waals surface area (Å²) in [6.07, 6.45) is 0.417. The van der Waals surface area contributed by atoms with Crippen LogP contribution in [0, 0.1) is 5.92 Å². The fourth-order valence-electron chi connectivity index (χ4n) is 1.75. The Morgan fingerprint density at radius 2 is 1.89 bits per heavy atom. The first-order valence-corrected chi connectivity index (χ1v) is 6.43. The molecule has 1 rings (SSSR count). The first-order valence-electron chi connectivity index (χ1n) is 6.03. The molecule has 0 fully saturated rings. The van der Waals surface area contributed by atoms with Gasteiger partial charge in [0.1, 0.15) is 4.99 Å². The van der Waals surface area contributed by atoms with Crippen LogP contribution in [0.15, 0.2) is 24.3 Å². The second kappa shape index (κ2) is 6.50. The zero-order valence-corrected chi connectivity index (χ0v) is 12.0. The summed E-state index contributed by atoms with van der Waals surface area (Å²) in [5.74, 6) is 0.614. The normalized spacial score (nSPS) is 10.4. The predicted molar refractivity (Wildman–Crippen MR) is 78.5 cm³/mol. The molecule has 0 bridgehead atoms. The van der Waals surface area contributed by atoms with E-state index in [2.05, 4.69) is 13.8 Å². The Morgan fingerprint density at radius 1 is 1.33 bits per heavy atom. The van der Waals surface area contributed by atoms with Gasteiger partial charge in [-0.15, -0.1) is 0 Å². The number of nitrogens with zero attached hydrogens (tertiary/aromatic N) is 1. The van der Waals surface area contributed by atoms with Crippen molar-refractivity contribution in [2.45, 2.75) is 20.3 Å². The molecule has 0 radical (unpaired) electrons. The number of nitrogens with two attached hydrogens (primary N) is 1. The number of benzene rings is 1. The van der Waals surface area contributed by atoms with E-state index < -0.39 is 0 Å². The Morgan fingerprint density at radius 3 is 2.33 bits per heavy atom. The van der Waals surface area contributed by atoms with Gasteiger partial charge in [-0.05, 0) is 11.5 Å². The van der Waals surface area contributed by atoms with Gasteiger partial charge >= 0.3 is 0 Å². The molecule has 4 heteroatoms. The van der Waals surface area contributed by atoms with Crippen LogP contribution in [-0.4, -0.2) is 29.4 Å². The lowest BCUT2D eigenvalue weighted by atomic mass is 10.1. The Labute approximate surface area is 114 Å². The lowest BCUT2D eigenvalue weighted by molar-refractivity contribution is -0.129. The number of carbonyl (C=O) groups excluding carboxylic acids is 1. The van der Waals surface area contributed by atoms with Crippen molar-refractivity contribution < 1.29 is 4.79 Å². The first-order chi connectivity index (χ1) is 8.40. The van der Waals surface area contributed by atoms with Gasteiger partial charge in [0.15, 0.2) is 0 Å². The Balaban J connectivity index is 2.62. The van der Waals surface area contributed by atoms with Crippen molar-refractivity contribution in [3.05, 3.63) is 35.4 Å². The lowest BCUT2D eigenvalue weighted by Gasteiger charge is -2.19. The smallest absolute Gasteiger partial charge is 0.226 e. The van der Waals surface area contributed by atoms with E-state index in [-0.39, 0.29) is 5.91 Å². The van der Waals surface area contributed by atoms with Crippen LogP contribution in [0.5, 0.6) is 0 Å². The van der Waals surface area contributed by atoms with E-state index in [1.165, 1.54) is 0 Å². The van der Waals surface area contributed by atoms with Crippen molar-refractivity contribution >= 4 is 23.1 Å². The highest BCUT2D eigenvalue weighted by Crippen LogP contribution is 2.07. The molecule has 0 spiro atoms. The van der Waals surface area contributed by atoms with Crippen molar-refractivity contribution in [2.75, 3.05) is 13.6 Å². The van der Waals surface area contributed by atoms with Crippen molar-refractivity contribution in [2.24, 2.45) is 11.7 Å². The van der Waals surface area contributed by atoms with Crippen LogP contribution in [0.25, 0.3) is 0 Å². The van der Waals surface area contributed by atoms with Crippen LogP contribution in [0.4, 0.5) is 0 Å². The van der Waals surface area contributed by atoms with E-state index in [1.807, 2.05) is 31.3 Å². The van der Waals surface area contributed by atoms with E-state index >= 15 is 0 Å². The van der Waals surface area contributed by atoms with Gasteiger partial charge in [0.2, 0.25) is 5.91 Å². The van der Waals surface area contributed by atoms with Crippen LogP contribution in [0.3, 0.4) is 0 Å². The third-order valence-electron chi connectivity index (χ3n) is 2.66. The lowest BCUT2D eigenvalue weighted by Crippen LogP contribution is -2.31. The third-order valence-corrected chi connectivity index (χ3v) is 2.89. The molecule has 18 heavy (non-hydrogen) atoms. The molecule has 0 unspecified atom stereocenters. The van der Waals surface area contributed by atoms with Gasteiger partial charge in [-0.2, -0.15) is 0 Å². The van der Waals surface area contributed by atoms with E-state index in [0.29, 0.717) is 17.3 Å². The summed E-state index contributed by atoms with van der Waals surface area (Å²) in [6.45, 7) is 4.98. The monoisotopic (exact) mass is 264 g/mol. The number of hydrogen-bond donors (Lipinski definition) is 1. The molecule has 0 heterocycles. The summed E-state index contributed by atoms with van der Waals surface area (Å²) < 4.78 is 0. The van der Waals surface area contributed by atoms with Gasteiger partial charge in [0.25, 0.3) is 0 Å². The summed E-state index contributed by atoms with van der Waals surface area (Å²) in [7, 11) is 1.84. The Hall–Kier alpha value is -1.42. The van der Waals surface area contributed by atoms with Crippen LogP contribution < -0.4 is 5.73 Å². The molecule has 0 saturated carbocycles. The van der Waals surface area contributed by atoms with Crippen LogP contribution in [-0.2, 0) is 11.2 Å². The van der Waals surface area contributed by atoms with Crippen molar-refractivity contribution in [1.82, 2.24) is 4.90 Å². The topological polar surface area (TPSA) is 46.3 Å². The number of amides is 1. The molecule has 0 aliphatic rings. The summed E-state index contributed by atoms with van der Waals surface area (Å²) >= 11 is 4.88. The minimum atomic E-state index is 0.131. The van der Waals surface area contributed by atoms with Gasteiger partial charge < -0.3 is 10.6 Å². The van der Waals surface area contributed by atoms with E-state index in [1.54, 1.807) is 4.90 Å². The molecule has 1 amide bonds. The molecule has 0 aliphatic heterocycles. The second-order valence-corrected chi connectivity index (χ2v) is 5.35. The molecule has 1 aromatic carbocycles. The van der Waals surface area contributed by atoms with Gasteiger partial charge in [-0.3, -0.25) is 4.79 Å². The first kappa shape index (κ1) is 14.6. The average Bonchev–Trinajstić information content (AvgIpc) is 2.28.